The summed E-state index contributed by atoms with van der Waals surface area (Å²) in [6, 6.07) is 8.01. The SMILES string of the molecule is CN(Cc1ccc(Br)cc1)c1nc(N)nc(Cl)n1. The quantitative estimate of drug-likeness (QED) is 0.937. The fourth-order valence-electron chi connectivity index (χ4n) is 1.46. The third-order valence-corrected chi connectivity index (χ3v) is 2.99. The lowest BCUT2D eigenvalue weighted by atomic mass is 10.2. The Bertz CT molecular complexity index is 525. The number of rotatable bonds is 3. The first-order chi connectivity index (χ1) is 8.54. The van der Waals surface area contributed by atoms with E-state index in [0.29, 0.717) is 12.5 Å². The van der Waals surface area contributed by atoms with Crippen LogP contribution < -0.4 is 10.6 Å². The molecule has 1 heterocycles. The third-order valence-electron chi connectivity index (χ3n) is 2.29. The Morgan fingerprint density at radius 2 is 1.89 bits per heavy atom. The fraction of sp³-hybridized carbons (Fsp3) is 0.182. The molecule has 2 rings (SSSR count). The number of nitrogen functional groups attached to an aromatic ring is 1. The Labute approximate surface area is 118 Å². The van der Waals surface area contributed by atoms with Gasteiger partial charge in [-0.05, 0) is 29.3 Å². The van der Waals surface area contributed by atoms with Gasteiger partial charge in [-0.2, -0.15) is 15.0 Å². The third kappa shape index (κ3) is 3.30. The number of hydrogen-bond donors (Lipinski definition) is 1. The summed E-state index contributed by atoms with van der Waals surface area (Å²) in [4.78, 5) is 13.6. The van der Waals surface area contributed by atoms with Gasteiger partial charge in [0.1, 0.15) is 0 Å². The van der Waals surface area contributed by atoms with Crippen LogP contribution in [-0.4, -0.2) is 22.0 Å². The molecule has 0 unspecified atom stereocenters. The largest absolute Gasteiger partial charge is 0.368 e. The number of aromatic nitrogens is 3. The van der Waals surface area contributed by atoms with Crippen LogP contribution in [0.4, 0.5) is 11.9 Å². The topological polar surface area (TPSA) is 67.9 Å². The molecular formula is C11H11BrClN5. The van der Waals surface area contributed by atoms with Crippen molar-refractivity contribution >= 4 is 39.4 Å². The van der Waals surface area contributed by atoms with Gasteiger partial charge in [0.25, 0.3) is 0 Å². The maximum atomic E-state index is 5.74. The molecule has 0 aliphatic rings. The van der Waals surface area contributed by atoms with Gasteiger partial charge < -0.3 is 10.6 Å². The number of benzene rings is 1. The zero-order valence-electron chi connectivity index (χ0n) is 9.64. The Kier molecular flexibility index (Phi) is 3.98. The molecule has 0 spiro atoms. The van der Waals surface area contributed by atoms with Crippen LogP contribution in [0.15, 0.2) is 28.7 Å². The lowest BCUT2D eigenvalue weighted by Gasteiger charge is -2.17. The molecule has 2 N–H and O–H groups in total. The van der Waals surface area contributed by atoms with Crippen LogP contribution in [0, 0.1) is 0 Å². The Balaban J connectivity index is 2.16. The van der Waals surface area contributed by atoms with Gasteiger partial charge in [-0.3, -0.25) is 0 Å². The van der Waals surface area contributed by atoms with E-state index >= 15 is 0 Å². The van der Waals surface area contributed by atoms with Crippen molar-refractivity contribution in [2.75, 3.05) is 17.7 Å². The van der Waals surface area contributed by atoms with Crippen LogP contribution in [0.1, 0.15) is 5.56 Å². The van der Waals surface area contributed by atoms with E-state index in [1.165, 1.54) is 0 Å². The lowest BCUT2D eigenvalue weighted by Crippen LogP contribution is -2.20. The van der Waals surface area contributed by atoms with Gasteiger partial charge in [0, 0.05) is 18.1 Å². The predicted octanol–water partition coefficient (Wildman–Crippen LogP) is 2.51. The Morgan fingerprint density at radius 3 is 2.50 bits per heavy atom. The molecule has 0 radical (unpaired) electrons. The molecule has 1 aromatic heterocycles. The molecule has 0 saturated heterocycles. The standard InChI is InChI=1S/C11H11BrClN5/c1-18(6-7-2-4-8(12)5-3-7)11-16-9(13)15-10(14)17-11/h2-5H,6H2,1H3,(H2,14,15,16,17). The molecule has 0 amide bonds. The summed E-state index contributed by atoms with van der Waals surface area (Å²) in [7, 11) is 1.87. The Hall–Kier alpha value is -1.40. The minimum absolute atomic E-state index is 0.0974. The molecule has 0 atom stereocenters. The van der Waals surface area contributed by atoms with E-state index in [4.69, 9.17) is 17.3 Å². The molecular weight excluding hydrogens is 318 g/mol. The van der Waals surface area contributed by atoms with Crippen LogP contribution in [-0.2, 0) is 6.54 Å². The van der Waals surface area contributed by atoms with Gasteiger partial charge in [-0.25, -0.2) is 0 Å². The van der Waals surface area contributed by atoms with Crippen LogP contribution in [0.2, 0.25) is 5.28 Å². The average molecular weight is 329 g/mol. The van der Waals surface area contributed by atoms with E-state index in [-0.39, 0.29) is 11.2 Å². The van der Waals surface area contributed by atoms with Crippen LogP contribution in [0.25, 0.3) is 0 Å². The molecule has 94 valence electrons. The molecule has 0 aliphatic carbocycles. The fourth-order valence-corrected chi connectivity index (χ4v) is 1.89. The summed E-state index contributed by atoms with van der Waals surface area (Å²) in [6.45, 7) is 0.660. The van der Waals surface area contributed by atoms with Crippen molar-refractivity contribution in [2.45, 2.75) is 6.54 Å². The van der Waals surface area contributed by atoms with Gasteiger partial charge in [0.15, 0.2) is 0 Å². The number of nitrogens with two attached hydrogens (primary N) is 1. The normalized spacial score (nSPS) is 10.4. The second-order valence-electron chi connectivity index (χ2n) is 3.75. The van der Waals surface area contributed by atoms with Crippen molar-refractivity contribution in [2.24, 2.45) is 0 Å². The minimum Gasteiger partial charge on any atom is -0.368 e. The summed E-state index contributed by atoms with van der Waals surface area (Å²) in [5.74, 6) is 0.572. The van der Waals surface area contributed by atoms with Crippen molar-refractivity contribution in [1.82, 2.24) is 15.0 Å². The lowest BCUT2D eigenvalue weighted by molar-refractivity contribution is 0.856. The number of anilines is 2. The molecule has 7 heteroatoms. The average Bonchev–Trinajstić information content (AvgIpc) is 2.31. The zero-order valence-corrected chi connectivity index (χ0v) is 12.0. The van der Waals surface area contributed by atoms with E-state index in [1.54, 1.807) is 0 Å². The van der Waals surface area contributed by atoms with Crippen molar-refractivity contribution in [1.29, 1.82) is 0 Å². The van der Waals surface area contributed by atoms with Crippen molar-refractivity contribution in [3.63, 3.8) is 0 Å². The van der Waals surface area contributed by atoms with Crippen LogP contribution in [0.5, 0.6) is 0 Å². The highest BCUT2D eigenvalue weighted by Crippen LogP contribution is 2.15. The first-order valence-corrected chi connectivity index (χ1v) is 6.34. The molecule has 0 aliphatic heterocycles. The monoisotopic (exact) mass is 327 g/mol. The maximum Gasteiger partial charge on any atom is 0.231 e. The van der Waals surface area contributed by atoms with E-state index in [0.717, 1.165) is 10.0 Å². The summed E-state index contributed by atoms with van der Waals surface area (Å²) in [5.41, 5.74) is 6.67. The summed E-state index contributed by atoms with van der Waals surface area (Å²) in [6.07, 6.45) is 0. The molecule has 0 fully saturated rings. The van der Waals surface area contributed by atoms with Gasteiger partial charge in [-0.15, -0.1) is 0 Å². The molecule has 2 aromatic rings. The molecule has 0 bridgehead atoms. The van der Waals surface area contributed by atoms with E-state index in [9.17, 15) is 0 Å². The van der Waals surface area contributed by atoms with E-state index < -0.39 is 0 Å². The second-order valence-corrected chi connectivity index (χ2v) is 5.00. The molecule has 1 aromatic carbocycles. The predicted molar refractivity (Wildman–Crippen MR) is 75.5 cm³/mol. The van der Waals surface area contributed by atoms with Crippen molar-refractivity contribution in [3.8, 4) is 0 Å². The van der Waals surface area contributed by atoms with Gasteiger partial charge >= 0.3 is 0 Å². The number of halogens is 2. The van der Waals surface area contributed by atoms with Gasteiger partial charge in [0.05, 0.1) is 0 Å². The van der Waals surface area contributed by atoms with Crippen LogP contribution in [0.3, 0.4) is 0 Å². The number of hydrogen-bond acceptors (Lipinski definition) is 5. The van der Waals surface area contributed by atoms with E-state index in [2.05, 4.69) is 30.9 Å². The highest BCUT2D eigenvalue weighted by Gasteiger charge is 2.08. The molecule has 18 heavy (non-hydrogen) atoms. The summed E-state index contributed by atoms with van der Waals surface area (Å²) < 4.78 is 1.04. The Morgan fingerprint density at radius 1 is 1.22 bits per heavy atom. The zero-order chi connectivity index (χ0) is 13.1. The first-order valence-electron chi connectivity index (χ1n) is 5.17. The highest BCUT2D eigenvalue weighted by atomic mass is 79.9. The first kappa shape index (κ1) is 13.0. The smallest absolute Gasteiger partial charge is 0.231 e. The van der Waals surface area contributed by atoms with Gasteiger partial charge in [0.2, 0.25) is 17.2 Å². The van der Waals surface area contributed by atoms with Gasteiger partial charge in [-0.1, -0.05) is 28.1 Å². The minimum atomic E-state index is 0.0974. The van der Waals surface area contributed by atoms with E-state index in [1.807, 2.05) is 36.2 Å². The second kappa shape index (κ2) is 5.49. The highest BCUT2D eigenvalue weighted by molar-refractivity contribution is 9.10. The van der Waals surface area contributed by atoms with Crippen LogP contribution >= 0.6 is 27.5 Å². The van der Waals surface area contributed by atoms with Crippen molar-refractivity contribution in [3.05, 3.63) is 39.6 Å². The molecule has 0 saturated carbocycles. The number of nitrogens with zero attached hydrogens (tertiary/aromatic N) is 4. The summed E-state index contributed by atoms with van der Waals surface area (Å²) >= 11 is 9.14. The molecule has 5 nitrogen and oxygen atoms in total. The summed E-state index contributed by atoms with van der Waals surface area (Å²) in [5, 5.41) is 0.0974. The maximum absolute atomic E-state index is 5.74. The van der Waals surface area contributed by atoms with Crippen molar-refractivity contribution < 1.29 is 0 Å².